The van der Waals surface area contributed by atoms with Crippen molar-refractivity contribution < 1.29 is 4.79 Å². The first-order chi connectivity index (χ1) is 11.6. The van der Waals surface area contributed by atoms with Gasteiger partial charge < -0.3 is 5.73 Å². The Morgan fingerprint density at radius 3 is 2.88 bits per heavy atom. The number of nitrogens with two attached hydrogens (primary N) is 1. The molecule has 4 heterocycles. The van der Waals surface area contributed by atoms with Crippen LogP contribution in [0, 0.1) is 6.92 Å². The van der Waals surface area contributed by atoms with Crippen LogP contribution in [-0.2, 0) is 17.8 Å². The van der Waals surface area contributed by atoms with Crippen LogP contribution in [0.5, 0.6) is 0 Å². The number of aromatic nitrogens is 5. The summed E-state index contributed by atoms with van der Waals surface area (Å²) >= 11 is 0. The van der Waals surface area contributed by atoms with Gasteiger partial charge in [-0.05, 0) is 24.6 Å². The maximum atomic E-state index is 12.4. The number of carbonyl (C=O) groups is 1. The van der Waals surface area contributed by atoms with Gasteiger partial charge in [-0.15, -0.1) is 0 Å². The van der Waals surface area contributed by atoms with Crippen molar-refractivity contribution in [3.8, 4) is 5.95 Å². The highest BCUT2D eigenvalue weighted by atomic mass is 16.2. The van der Waals surface area contributed by atoms with Crippen molar-refractivity contribution in [1.82, 2.24) is 24.7 Å². The molecule has 4 rings (SSSR count). The number of hydrogen-bond donors (Lipinski definition) is 1. The van der Waals surface area contributed by atoms with Gasteiger partial charge in [-0.1, -0.05) is 6.07 Å². The summed E-state index contributed by atoms with van der Waals surface area (Å²) in [5, 5.41) is 4.11. The quantitative estimate of drug-likeness (QED) is 0.773. The monoisotopic (exact) mass is 321 g/mol. The van der Waals surface area contributed by atoms with Crippen molar-refractivity contribution in [1.29, 1.82) is 0 Å². The summed E-state index contributed by atoms with van der Waals surface area (Å²) in [5.41, 5.74) is 8.55. The molecule has 120 valence electrons. The van der Waals surface area contributed by atoms with Gasteiger partial charge in [0.1, 0.15) is 11.6 Å². The predicted octanol–water partition coefficient (Wildman–Crippen LogP) is 1.04. The summed E-state index contributed by atoms with van der Waals surface area (Å²) in [6, 6.07) is 5.64. The molecular formula is C16H15N7O. The first-order valence-corrected chi connectivity index (χ1v) is 7.50. The van der Waals surface area contributed by atoms with Crippen LogP contribution < -0.4 is 10.6 Å². The van der Waals surface area contributed by atoms with Crippen molar-refractivity contribution in [2.24, 2.45) is 0 Å². The SMILES string of the molecule is Cc1ccc(CN2C(=O)Cc3c(N)nc(-n4cccn4)nc32)nc1. The van der Waals surface area contributed by atoms with Crippen LogP contribution in [0.4, 0.5) is 11.6 Å². The van der Waals surface area contributed by atoms with E-state index >= 15 is 0 Å². The van der Waals surface area contributed by atoms with E-state index in [9.17, 15) is 4.79 Å². The topological polar surface area (TPSA) is 103 Å². The maximum absolute atomic E-state index is 12.4. The first kappa shape index (κ1) is 14.3. The van der Waals surface area contributed by atoms with Crippen molar-refractivity contribution in [3.63, 3.8) is 0 Å². The van der Waals surface area contributed by atoms with Gasteiger partial charge >= 0.3 is 0 Å². The summed E-state index contributed by atoms with van der Waals surface area (Å²) in [4.78, 5) is 27.1. The third kappa shape index (κ3) is 2.37. The van der Waals surface area contributed by atoms with Crippen molar-refractivity contribution >= 4 is 17.5 Å². The maximum Gasteiger partial charge on any atom is 0.254 e. The summed E-state index contributed by atoms with van der Waals surface area (Å²) in [6.45, 7) is 2.32. The lowest BCUT2D eigenvalue weighted by atomic mass is 10.2. The van der Waals surface area contributed by atoms with Crippen LogP contribution in [0.3, 0.4) is 0 Å². The highest BCUT2D eigenvalue weighted by Gasteiger charge is 2.32. The lowest BCUT2D eigenvalue weighted by molar-refractivity contribution is -0.117. The molecule has 8 nitrogen and oxygen atoms in total. The van der Waals surface area contributed by atoms with E-state index < -0.39 is 0 Å². The largest absolute Gasteiger partial charge is 0.383 e. The number of nitrogens with zero attached hydrogens (tertiary/aromatic N) is 6. The number of pyridine rings is 1. The molecular weight excluding hydrogens is 306 g/mol. The Morgan fingerprint density at radius 1 is 1.29 bits per heavy atom. The van der Waals surface area contributed by atoms with E-state index in [2.05, 4.69) is 20.1 Å². The fourth-order valence-electron chi connectivity index (χ4n) is 2.64. The van der Waals surface area contributed by atoms with Crippen LogP contribution in [0.25, 0.3) is 5.95 Å². The normalized spacial score (nSPS) is 13.4. The van der Waals surface area contributed by atoms with Crippen LogP contribution >= 0.6 is 0 Å². The van der Waals surface area contributed by atoms with E-state index in [0.717, 1.165) is 11.3 Å². The van der Waals surface area contributed by atoms with Crippen molar-refractivity contribution in [2.45, 2.75) is 19.9 Å². The number of rotatable bonds is 3. The van der Waals surface area contributed by atoms with Crippen molar-refractivity contribution in [2.75, 3.05) is 10.6 Å². The first-order valence-electron chi connectivity index (χ1n) is 7.50. The number of hydrogen-bond acceptors (Lipinski definition) is 6. The number of carbonyl (C=O) groups excluding carboxylic acids is 1. The van der Waals surface area contributed by atoms with E-state index in [4.69, 9.17) is 5.73 Å². The van der Waals surface area contributed by atoms with Gasteiger partial charge in [0.15, 0.2) is 0 Å². The summed E-state index contributed by atoms with van der Waals surface area (Å²) in [7, 11) is 0. The van der Waals surface area contributed by atoms with Gasteiger partial charge in [-0.3, -0.25) is 14.7 Å². The molecule has 0 aliphatic carbocycles. The highest BCUT2D eigenvalue weighted by Crippen LogP contribution is 2.32. The molecule has 1 aliphatic heterocycles. The van der Waals surface area contributed by atoms with Crippen LogP contribution in [0.1, 0.15) is 16.8 Å². The predicted molar refractivity (Wildman–Crippen MR) is 87.4 cm³/mol. The molecule has 1 amide bonds. The van der Waals surface area contributed by atoms with E-state index in [1.165, 1.54) is 4.68 Å². The van der Waals surface area contributed by atoms with Gasteiger partial charge in [-0.25, -0.2) is 4.68 Å². The van der Waals surface area contributed by atoms with Gasteiger partial charge in [0.25, 0.3) is 5.95 Å². The molecule has 3 aromatic rings. The average molecular weight is 321 g/mol. The van der Waals surface area contributed by atoms with Crippen molar-refractivity contribution in [3.05, 3.63) is 53.6 Å². The van der Waals surface area contributed by atoms with Crippen LogP contribution in [-0.4, -0.2) is 30.6 Å². The zero-order valence-corrected chi connectivity index (χ0v) is 13.0. The molecule has 0 fully saturated rings. The molecule has 8 heteroatoms. The number of anilines is 2. The minimum Gasteiger partial charge on any atom is -0.383 e. The molecule has 0 bridgehead atoms. The van der Waals surface area contributed by atoms with Gasteiger partial charge in [0.2, 0.25) is 5.91 Å². The third-order valence-electron chi connectivity index (χ3n) is 3.89. The molecule has 2 N–H and O–H groups in total. The smallest absolute Gasteiger partial charge is 0.254 e. The fraction of sp³-hybridized carbons (Fsp3) is 0.188. The van der Waals surface area contributed by atoms with E-state index in [1.807, 2.05) is 19.1 Å². The van der Waals surface area contributed by atoms with E-state index in [-0.39, 0.29) is 12.3 Å². The molecule has 0 saturated heterocycles. The lowest BCUT2D eigenvalue weighted by Crippen LogP contribution is -2.27. The lowest BCUT2D eigenvalue weighted by Gasteiger charge is -2.16. The van der Waals surface area contributed by atoms with Gasteiger partial charge in [0, 0.05) is 24.2 Å². The zero-order valence-electron chi connectivity index (χ0n) is 13.0. The van der Waals surface area contributed by atoms with Gasteiger partial charge in [0.05, 0.1) is 18.7 Å². The minimum atomic E-state index is -0.0639. The summed E-state index contributed by atoms with van der Waals surface area (Å²) in [6.07, 6.45) is 5.34. The molecule has 3 aromatic heterocycles. The zero-order chi connectivity index (χ0) is 16.7. The number of nitrogen functional groups attached to an aromatic ring is 1. The second-order valence-corrected chi connectivity index (χ2v) is 5.65. The Hall–Kier alpha value is -3.29. The molecule has 0 unspecified atom stereocenters. The molecule has 0 spiro atoms. The molecule has 0 aromatic carbocycles. The molecule has 0 saturated carbocycles. The number of fused-ring (bicyclic) bond motifs is 1. The Bertz CT molecular complexity index is 903. The number of amides is 1. The molecule has 1 aliphatic rings. The van der Waals surface area contributed by atoms with E-state index in [1.54, 1.807) is 29.6 Å². The Labute approximate surface area is 138 Å². The molecule has 0 radical (unpaired) electrons. The molecule has 24 heavy (non-hydrogen) atoms. The Morgan fingerprint density at radius 2 is 2.17 bits per heavy atom. The molecule has 0 atom stereocenters. The highest BCUT2D eigenvalue weighted by molar-refractivity contribution is 6.01. The minimum absolute atomic E-state index is 0.0639. The Kier molecular flexibility index (Phi) is 3.23. The second-order valence-electron chi connectivity index (χ2n) is 5.65. The van der Waals surface area contributed by atoms with E-state index in [0.29, 0.717) is 29.7 Å². The van der Waals surface area contributed by atoms with Crippen LogP contribution in [0.15, 0.2) is 36.8 Å². The number of aryl methyl sites for hydroxylation is 1. The fourth-order valence-corrected chi connectivity index (χ4v) is 2.64. The summed E-state index contributed by atoms with van der Waals surface area (Å²) in [5.74, 6) is 1.11. The third-order valence-corrected chi connectivity index (χ3v) is 3.89. The van der Waals surface area contributed by atoms with Gasteiger partial charge in [-0.2, -0.15) is 15.1 Å². The summed E-state index contributed by atoms with van der Waals surface area (Å²) < 4.78 is 1.52. The Balaban J connectivity index is 1.74. The van der Waals surface area contributed by atoms with Crippen LogP contribution in [0.2, 0.25) is 0 Å². The standard InChI is InChI=1S/C16H15N7O/c1-10-3-4-11(18-8-10)9-22-13(24)7-12-14(17)20-16(21-15(12)22)23-6-2-5-19-23/h2-6,8H,7,9H2,1H3,(H2,17,20,21). The second kappa shape index (κ2) is 5.41. The average Bonchev–Trinajstić information content (AvgIpc) is 3.19.